The lowest BCUT2D eigenvalue weighted by molar-refractivity contribution is -0.136. The van der Waals surface area contributed by atoms with Crippen molar-refractivity contribution in [1.82, 2.24) is 45.7 Å². The molecule has 3 fully saturated rings. The molecule has 0 saturated carbocycles. The zero-order valence-corrected chi connectivity index (χ0v) is 38.4. The van der Waals surface area contributed by atoms with Crippen LogP contribution in [0.5, 0.6) is 0 Å². The van der Waals surface area contributed by atoms with Crippen molar-refractivity contribution in [2.45, 2.75) is 109 Å². The number of hydrogen-bond acceptors (Lipinski definition) is 9. The molecule has 0 radical (unpaired) electrons. The Hall–Kier alpha value is -6.22. The molecule has 3 saturated heterocycles. The Morgan fingerprint density at radius 1 is 0.662 bits per heavy atom. The average molecular weight is 884 g/mol. The van der Waals surface area contributed by atoms with Gasteiger partial charge < -0.3 is 45.2 Å². The number of imidazole rings is 2. The summed E-state index contributed by atoms with van der Waals surface area (Å²) in [7, 11) is 2.61. The van der Waals surface area contributed by atoms with Gasteiger partial charge in [0, 0.05) is 36.3 Å². The smallest absolute Gasteiger partial charge is 0.407 e. The Balaban J connectivity index is 0.973. The van der Waals surface area contributed by atoms with Gasteiger partial charge in [-0.15, -0.1) is 0 Å². The summed E-state index contributed by atoms with van der Waals surface area (Å²) in [6.07, 6.45) is 7.89. The second-order valence-electron chi connectivity index (χ2n) is 19.1. The highest BCUT2D eigenvalue weighted by molar-refractivity contribution is 5.92. The van der Waals surface area contributed by atoms with Gasteiger partial charge in [-0.1, -0.05) is 71.0 Å². The SMILES string of the molecule is COC(=O)NC(C(=O)N1CCC[C@H]1c1ncc(-c2ccc3cc(-c4ccc(-c5cnc([C@@H]6CCCN6C(=O)C(NC(=O)OC)C(C)C)[nH]5)c5c4C4CC(C)CC5N4)ccc3c2)[nH]1)C(C)C. The molecule has 5 N–H and O–H groups in total. The highest BCUT2D eigenvalue weighted by Crippen LogP contribution is 2.52. The zero-order chi connectivity index (χ0) is 45.7. The van der Waals surface area contributed by atoms with Crippen molar-refractivity contribution >= 4 is 34.8 Å². The zero-order valence-electron chi connectivity index (χ0n) is 38.4. The maximum atomic E-state index is 13.9. The van der Waals surface area contributed by atoms with Crippen LogP contribution in [0.25, 0.3) is 44.4 Å². The number of hydrogen-bond donors (Lipinski definition) is 5. The van der Waals surface area contributed by atoms with E-state index in [4.69, 9.17) is 19.4 Å². The Morgan fingerprint density at radius 3 is 1.68 bits per heavy atom. The molecular formula is C50H61N9O6. The summed E-state index contributed by atoms with van der Waals surface area (Å²) in [6, 6.07) is 16.3. The number of benzene rings is 3. The van der Waals surface area contributed by atoms with E-state index in [2.05, 4.69) is 81.4 Å². The first kappa shape index (κ1) is 44.0. The van der Waals surface area contributed by atoms with Crippen molar-refractivity contribution in [3.05, 3.63) is 83.7 Å². The Labute approximate surface area is 379 Å². The topological polar surface area (TPSA) is 187 Å². The number of nitrogens with zero attached hydrogens (tertiary/aromatic N) is 4. The minimum absolute atomic E-state index is 0.109. The fourth-order valence-corrected chi connectivity index (χ4v) is 10.8. The van der Waals surface area contributed by atoms with E-state index < -0.39 is 24.3 Å². The second-order valence-corrected chi connectivity index (χ2v) is 19.1. The molecule has 7 atom stereocenters. The summed E-state index contributed by atoms with van der Waals surface area (Å²) in [4.78, 5) is 72.3. The van der Waals surface area contributed by atoms with Gasteiger partial charge in [-0.3, -0.25) is 9.59 Å². The number of carbonyl (C=O) groups excluding carboxylic acids is 4. The molecule has 65 heavy (non-hydrogen) atoms. The first-order chi connectivity index (χ1) is 31.3. The average Bonchev–Trinajstić information content (AvgIpc) is 4.16. The highest BCUT2D eigenvalue weighted by atomic mass is 16.5. The van der Waals surface area contributed by atoms with Crippen LogP contribution in [0.15, 0.2) is 60.9 Å². The number of aromatic nitrogens is 4. The molecule has 4 aliphatic heterocycles. The van der Waals surface area contributed by atoms with Crippen LogP contribution >= 0.6 is 0 Å². The van der Waals surface area contributed by atoms with E-state index in [1.54, 1.807) is 0 Å². The Morgan fingerprint density at radius 2 is 1.14 bits per heavy atom. The first-order valence-corrected chi connectivity index (χ1v) is 23.2. The molecule has 15 heteroatoms. The van der Waals surface area contributed by atoms with Gasteiger partial charge in [-0.2, -0.15) is 0 Å². The molecule has 4 amide bonds. The van der Waals surface area contributed by atoms with E-state index in [1.807, 2.05) is 49.9 Å². The summed E-state index contributed by atoms with van der Waals surface area (Å²) in [5.41, 5.74) is 9.01. The molecule has 3 aromatic carbocycles. The second kappa shape index (κ2) is 18.0. The van der Waals surface area contributed by atoms with E-state index in [1.165, 1.54) is 30.9 Å². The molecule has 4 aliphatic rings. The van der Waals surface area contributed by atoms with Gasteiger partial charge in [0.1, 0.15) is 23.7 Å². The number of H-pyrrole nitrogens is 2. The molecule has 15 nitrogen and oxygen atoms in total. The molecule has 6 heterocycles. The highest BCUT2D eigenvalue weighted by Gasteiger charge is 2.42. The lowest BCUT2D eigenvalue weighted by atomic mass is 9.87. The number of likely N-dealkylation sites (tertiary alicyclic amines) is 2. The van der Waals surface area contributed by atoms with Gasteiger partial charge >= 0.3 is 12.2 Å². The van der Waals surface area contributed by atoms with Gasteiger partial charge in [-0.05, 0) is 101 Å². The van der Waals surface area contributed by atoms with Crippen molar-refractivity contribution < 1.29 is 28.7 Å². The Kier molecular flexibility index (Phi) is 12.2. The number of fused-ring (bicyclic) bond motifs is 6. The van der Waals surface area contributed by atoms with Crippen molar-refractivity contribution in [3.63, 3.8) is 0 Å². The molecule has 9 rings (SSSR count). The van der Waals surface area contributed by atoms with Crippen LogP contribution in [0.2, 0.25) is 0 Å². The van der Waals surface area contributed by atoms with E-state index in [0.29, 0.717) is 19.0 Å². The van der Waals surface area contributed by atoms with Crippen molar-refractivity contribution in [3.8, 4) is 33.6 Å². The quantitative estimate of drug-likeness (QED) is 0.0867. The predicted molar refractivity (Wildman–Crippen MR) is 247 cm³/mol. The normalized spacial score (nSPS) is 22.3. The van der Waals surface area contributed by atoms with Crippen molar-refractivity contribution in [1.29, 1.82) is 0 Å². The summed E-state index contributed by atoms with van der Waals surface area (Å²) in [5.74, 6) is 1.58. The van der Waals surface area contributed by atoms with Crippen LogP contribution in [-0.2, 0) is 19.1 Å². The summed E-state index contributed by atoms with van der Waals surface area (Å²) in [5, 5.41) is 11.7. The van der Waals surface area contributed by atoms with Crippen LogP contribution in [0.3, 0.4) is 0 Å². The minimum Gasteiger partial charge on any atom is -0.453 e. The molecule has 0 aliphatic carbocycles. The monoisotopic (exact) mass is 883 g/mol. The Bertz CT molecular complexity index is 2620. The van der Waals surface area contributed by atoms with Crippen molar-refractivity contribution in [2.75, 3.05) is 27.3 Å². The molecule has 2 bridgehead atoms. The van der Waals surface area contributed by atoms with Crippen molar-refractivity contribution in [2.24, 2.45) is 17.8 Å². The van der Waals surface area contributed by atoms with Gasteiger partial charge in [0.25, 0.3) is 0 Å². The fraction of sp³-hybridized carbons (Fsp3) is 0.480. The molecule has 0 spiro atoms. The van der Waals surface area contributed by atoms with Crippen LogP contribution in [0.4, 0.5) is 9.59 Å². The first-order valence-electron chi connectivity index (χ1n) is 23.2. The summed E-state index contributed by atoms with van der Waals surface area (Å²) < 4.78 is 9.63. The van der Waals surface area contributed by atoms with Crippen LogP contribution in [0, 0.1) is 17.8 Å². The van der Waals surface area contributed by atoms with Crippen LogP contribution < -0.4 is 16.0 Å². The third kappa shape index (κ3) is 8.34. The maximum Gasteiger partial charge on any atom is 0.407 e. The third-order valence-corrected chi connectivity index (χ3v) is 14.1. The number of amides is 4. The number of ether oxygens (including phenoxy) is 2. The van der Waals surface area contributed by atoms with Crippen LogP contribution in [-0.4, -0.2) is 93.1 Å². The number of nitrogens with one attached hydrogen (secondary N) is 5. The third-order valence-electron chi connectivity index (χ3n) is 14.1. The summed E-state index contributed by atoms with van der Waals surface area (Å²) >= 11 is 0. The largest absolute Gasteiger partial charge is 0.453 e. The lowest BCUT2D eigenvalue weighted by Crippen LogP contribution is -2.51. The fourth-order valence-electron chi connectivity index (χ4n) is 10.8. The maximum absolute atomic E-state index is 13.9. The van der Waals surface area contributed by atoms with Crippen LogP contribution in [0.1, 0.15) is 120 Å². The van der Waals surface area contributed by atoms with Gasteiger partial charge in [0.05, 0.1) is 50.1 Å². The van der Waals surface area contributed by atoms with E-state index in [-0.39, 0.29) is 47.8 Å². The van der Waals surface area contributed by atoms with E-state index in [0.717, 1.165) is 89.0 Å². The molecule has 342 valence electrons. The molecule has 2 aromatic heterocycles. The van der Waals surface area contributed by atoms with Gasteiger partial charge in [0.2, 0.25) is 11.8 Å². The predicted octanol–water partition coefficient (Wildman–Crippen LogP) is 8.49. The summed E-state index contributed by atoms with van der Waals surface area (Å²) in [6.45, 7) is 11.2. The number of aromatic amines is 2. The number of alkyl carbamates (subject to hydrolysis) is 2. The minimum atomic E-state index is -0.695. The number of methoxy groups -OCH3 is 2. The van der Waals surface area contributed by atoms with E-state index in [9.17, 15) is 19.2 Å². The van der Waals surface area contributed by atoms with E-state index >= 15 is 0 Å². The lowest BCUT2D eigenvalue weighted by Gasteiger charge is -2.30. The number of piperidine rings is 1. The van der Waals surface area contributed by atoms with Gasteiger partial charge in [0.15, 0.2) is 0 Å². The molecular weight excluding hydrogens is 823 g/mol. The number of rotatable bonds is 11. The number of carbonyl (C=O) groups is 4. The standard InChI is InChI=1S/C50H61N9O6/c1-26(2)43(56-49(62)64-6)47(60)58-18-8-10-39(58)45-51-24-37(54-45)32-15-13-29-22-31(14-12-30(29)23-32)33-16-17-34(42-36-21-28(5)20-35(53-36)41(33)42)38-25-52-46(55-38)40-11-9-19-59(40)48(61)44(27(3)4)57-50(63)65-7/h12-17,22-28,35-36,39-40,43-44,53H,8-11,18-21H2,1-7H3,(H,51,54)(H,52,55)(H,56,62)(H,57,63)/t28?,35?,36?,39-,40-,43?,44?/m0/s1. The molecule has 5 aromatic rings. The molecule has 5 unspecified atom stereocenters. The van der Waals surface area contributed by atoms with Gasteiger partial charge in [-0.25, -0.2) is 19.6 Å².